The Morgan fingerprint density at radius 2 is 2.16 bits per heavy atom. The van der Waals surface area contributed by atoms with Gasteiger partial charge in [-0.3, -0.25) is 4.79 Å². The molecule has 3 rings (SSSR count). The van der Waals surface area contributed by atoms with Gasteiger partial charge in [0.05, 0.1) is 5.69 Å². The highest BCUT2D eigenvalue weighted by Crippen LogP contribution is 2.41. The van der Waals surface area contributed by atoms with Gasteiger partial charge in [-0.05, 0) is 59.5 Å². The third kappa shape index (κ3) is 2.34. The van der Waals surface area contributed by atoms with Crippen molar-refractivity contribution in [3.05, 3.63) is 50.1 Å². The van der Waals surface area contributed by atoms with Crippen LogP contribution in [0.15, 0.2) is 27.5 Å². The summed E-state index contributed by atoms with van der Waals surface area (Å²) in [6.45, 7) is 1.80. The van der Waals surface area contributed by atoms with E-state index >= 15 is 0 Å². The fourth-order valence-corrected chi connectivity index (χ4v) is 2.64. The Morgan fingerprint density at radius 3 is 2.79 bits per heavy atom. The normalized spacial score (nSPS) is 14.7. The van der Waals surface area contributed by atoms with Crippen molar-refractivity contribution in [2.75, 3.05) is 0 Å². The molecule has 1 aliphatic rings. The standard InChI is InChI=1S/C14H12BrFN2O/c1-7-6-9(16)4-5-10(7)13-17-12(8-2-3-8)11(15)14(19)18-13/h4-6,8H,2-3H2,1H3,(H,17,18,19). The Morgan fingerprint density at radius 1 is 1.42 bits per heavy atom. The number of rotatable bonds is 2. The smallest absolute Gasteiger partial charge is 0.265 e. The van der Waals surface area contributed by atoms with Gasteiger partial charge < -0.3 is 4.98 Å². The average Bonchev–Trinajstić information content (AvgIpc) is 3.17. The second-order valence-corrected chi connectivity index (χ2v) is 5.64. The molecule has 98 valence electrons. The predicted molar refractivity (Wildman–Crippen MR) is 74.7 cm³/mol. The van der Waals surface area contributed by atoms with Crippen molar-refractivity contribution >= 4 is 15.9 Å². The van der Waals surface area contributed by atoms with Crippen LogP contribution in [-0.4, -0.2) is 9.97 Å². The first kappa shape index (κ1) is 12.5. The molecule has 0 atom stereocenters. The number of benzene rings is 1. The van der Waals surface area contributed by atoms with Gasteiger partial charge in [-0.25, -0.2) is 9.37 Å². The van der Waals surface area contributed by atoms with Crippen molar-refractivity contribution in [1.29, 1.82) is 0 Å². The van der Waals surface area contributed by atoms with E-state index in [1.807, 2.05) is 0 Å². The fraction of sp³-hybridized carbons (Fsp3) is 0.286. The summed E-state index contributed by atoms with van der Waals surface area (Å²) in [5, 5.41) is 0. The van der Waals surface area contributed by atoms with E-state index in [2.05, 4.69) is 25.9 Å². The largest absolute Gasteiger partial charge is 0.306 e. The van der Waals surface area contributed by atoms with Gasteiger partial charge in [-0.15, -0.1) is 0 Å². The zero-order valence-electron chi connectivity index (χ0n) is 10.3. The molecular weight excluding hydrogens is 311 g/mol. The number of nitrogens with one attached hydrogen (secondary N) is 1. The van der Waals surface area contributed by atoms with Crippen molar-refractivity contribution < 1.29 is 4.39 Å². The lowest BCUT2D eigenvalue weighted by Crippen LogP contribution is -2.13. The van der Waals surface area contributed by atoms with E-state index in [1.54, 1.807) is 13.0 Å². The zero-order chi connectivity index (χ0) is 13.6. The summed E-state index contributed by atoms with van der Waals surface area (Å²) in [7, 11) is 0. The van der Waals surface area contributed by atoms with Crippen molar-refractivity contribution in [3.8, 4) is 11.4 Å². The van der Waals surface area contributed by atoms with Gasteiger partial charge >= 0.3 is 0 Å². The first-order valence-electron chi connectivity index (χ1n) is 6.12. The summed E-state index contributed by atoms with van der Waals surface area (Å²) >= 11 is 3.29. The Kier molecular flexibility index (Phi) is 3.01. The van der Waals surface area contributed by atoms with Crippen LogP contribution >= 0.6 is 15.9 Å². The first-order chi connectivity index (χ1) is 9.06. The molecule has 0 bridgehead atoms. The molecule has 1 aromatic heterocycles. The molecule has 1 aromatic carbocycles. The van der Waals surface area contributed by atoms with Gasteiger partial charge in [-0.1, -0.05) is 0 Å². The molecule has 0 radical (unpaired) electrons. The van der Waals surface area contributed by atoms with Crippen LogP contribution in [0.5, 0.6) is 0 Å². The van der Waals surface area contributed by atoms with Gasteiger partial charge in [0.15, 0.2) is 0 Å². The molecule has 0 aliphatic heterocycles. The number of nitrogens with zero attached hydrogens (tertiary/aromatic N) is 1. The van der Waals surface area contributed by atoms with Gasteiger partial charge in [0.25, 0.3) is 5.56 Å². The number of halogens is 2. The summed E-state index contributed by atoms with van der Waals surface area (Å²) in [4.78, 5) is 19.2. The van der Waals surface area contributed by atoms with Crippen LogP contribution in [-0.2, 0) is 0 Å². The second kappa shape index (κ2) is 4.56. The maximum atomic E-state index is 13.1. The Balaban J connectivity index is 2.17. The van der Waals surface area contributed by atoms with Crippen LogP contribution in [0.2, 0.25) is 0 Å². The molecule has 0 unspecified atom stereocenters. The van der Waals surface area contributed by atoms with Crippen LogP contribution < -0.4 is 5.56 Å². The van der Waals surface area contributed by atoms with Gasteiger partial charge in [0.1, 0.15) is 16.1 Å². The SMILES string of the molecule is Cc1cc(F)ccc1-c1nc(C2CC2)c(Br)c(=O)[nH]1. The summed E-state index contributed by atoms with van der Waals surface area (Å²) in [5.74, 6) is 0.590. The summed E-state index contributed by atoms with van der Waals surface area (Å²) < 4.78 is 13.6. The molecule has 1 aliphatic carbocycles. The molecule has 0 spiro atoms. The Labute approximate surface area is 118 Å². The predicted octanol–water partition coefficient (Wildman–Crippen LogP) is 3.52. The lowest BCUT2D eigenvalue weighted by molar-refractivity contribution is 0.627. The van der Waals surface area contributed by atoms with Gasteiger partial charge in [0, 0.05) is 11.5 Å². The second-order valence-electron chi connectivity index (χ2n) is 4.85. The zero-order valence-corrected chi connectivity index (χ0v) is 11.9. The molecular formula is C14H12BrFN2O. The monoisotopic (exact) mass is 322 g/mol. The third-order valence-corrected chi connectivity index (χ3v) is 4.06. The first-order valence-corrected chi connectivity index (χ1v) is 6.92. The van der Waals surface area contributed by atoms with E-state index in [9.17, 15) is 9.18 Å². The summed E-state index contributed by atoms with van der Waals surface area (Å²) in [6.07, 6.45) is 2.13. The number of hydrogen-bond donors (Lipinski definition) is 1. The molecule has 1 heterocycles. The highest BCUT2D eigenvalue weighted by Gasteiger charge is 2.29. The number of hydrogen-bond acceptors (Lipinski definition) is 2. The number of aromatic amines is 1. The van der Waals surface area contributed by atoms with Crippen molar-refractivity contribution in [2.24, 2.45) is 0 Å². The molecule has 1 fully saturated rings. The molecule has 3 nitrogen and oxygen atoms in total. The van der Waals surface area contributed by atoms with E-state index in [1.165, 1.54) is 12.1 Å². The Bertz CT molecular complexity index is 707. The van der Waals surface area contributed by atoms with Crippen LogP contribution in [0.1, 0.15) is 30.0 Å². The summed E-state index contributed by atoms with van der Waals surface area (Å²) in [5.41, 5.74) is 2.14. The van der Waals surface area contributed by atoms with Crippen LogP contribution in [0.25, 0.3) is 11.4 Å². The highest BCUT2D eigenvalue weighted by molar-refractivity contribution is 9.10. The molecule has 0 saturated heterocycles. The fourth-order valence-electron chi connectivity index (χ4n) is 2.12. The average molecular weight is 323 g/mol. The quantitative estimate of drug-likeness (QED) is 0.919. The van der Waals surface area contributed by atoms with E-state index < -0.39 is 0 Å². The van der Waals surface area contributed by atoms with Crippen LogP contribution in [0.3, 0.4) is 0 Å². The number of aromatic nitrogens is 2. The lowest BCUT2D eigenvalue weighted by Gasteiger charge is -2.08. The number of aryl methyl sites for hydroxylation is 1. The Hall–Kier alpha value is -1.49. The number of H-pyrrole nitrogens is 1. The van der Waals surface area contributed by atoms with Crippen LogP contribution in [0, 0.1) is 12.7 Å². The van der Waals surface area contributed by atoms with E-state index in [0.717, 1.165) is 29.7 Å². The molecule has 1 N–H and O–H groups in total. The third-order valence-electron chi connectivity index (χ3n) is 3.30. The summed E-state index contributed by atoms with van der Waals surface area (Å²) in [6, 6.07) is 4.46. The van der Waals surface area contributed by atoms with Crippen LogP contribution in [0.4, 0.5) is 4.39 Å². The molecule has 2 aromatic rings. The maximum absolute atomic E-state index is 13.1. The molecule has 19 heavy (non-hydrogen) atoms. The van der Waals surface area contributed by atoms with Crippen molar-refractivity contribution in [2.45, 2.75) is 25.7 Å². The maximum Gasteiger partial charge on any atom is 0.265 e. The van der Waals surface area contributed by atoms with E-state index in [0.29, 0.717) is 16.2 Å². The molecule has 0 amide bonds. The topological polar surface area (TPSA) is 45.8 Å². The lowest BCUT2D eigenvalue weighted by atomic mass is 10.1. The molecule has 5 heteroatoms. The highest BCUT2D eigenvalue weighted by atomic mass is 79.9. The molecule has 1 saturated carbocycles. The van der Waals surface area contributed by atoms with Gasteiger partial charge in [-0.2, -0.15) is 0 Å². The van der Waals surface area contributed by atoms with Crippen molar-refractivity contribution in [1.82, 2.24) is 9.97 Å². The minimum Gasteiger partial charge on any atom is -0.306 e. The van der Waals surface area contributed by atoms with Crippen molar-refractivity contribution in [3.63, 3.8) is 0 Å². The van der Waals surface area contributed by atoms with E-state index in [4.69, 9.17) is 0 Å². The minimum atomic E-state index is -0.289. The minimum absolute atomic E-state index is 0.185. The van der Waals surface area contributed by atoms with Gasteiger partial charge in [0.2, 0.25) is 0 Å². The van der Waals surface area contributed by atoms with E-state index in [-0.39, 0.29) is 11.4 Å².